The van der Waals surface area contributed by atoms with E-state index in [1.165, 1.54) is 12.1 Å². The number of hydrogen-bond acceptors (Lipinski definition) is 6. The first kappa shape index (κ1) is 24.4. The summed E-state index contributed by atoms with van der Waals surface area (Å²) < 4.78 is 36.0. The van der Waals surface area contributed by atoms with E-state index in [9.17, 15) is 18.0 Å². The number of carbonyl (C=O) groups excluding carboxylic acids is 1. The average Bonchev–Trinajstić information content (AvgIpc) is 2.65. The van der Waals surface area contributed by atoms with Crippen molar-refractivity contribution >= 4 is 22.2 Å². The number of carbonyl (C=O) groups is 2. The number of rotatable bonds is 8. The molecule has 168 valence electrons. The summed E-state index contributed by atoms with van der Waals surface area (Å²) in [6.45, 7) is 6.53. The first-order valence-corrected chi connectivity index (χ1v) is 11.1. The lowest BCUT2D eigenvalue weighted by Gasteiger charge is -2.26. The third-order valence-electron chi connectivity index (χ3n) is 4.14. The molecule has 2 aromatic rings. The molecule has 2 aromatic carbocycles. The quantitative estimate of drug-likeness (QED) is 0.605. The van der Waals surface area contributed by atoms with E-state index in [-0.39, 0.29) is 24.3 Å². The zero-order chi connectivity index (χ0) is 23.2. The number of aryl methyl sites for hydroxylation is 2. The fourth-order valence-corrected chi connectivity index (χ4v) is 3.56. The van der Waals surface area contributed by atoms with E-state index in [2.05, 4.69) is 0 Å². The predicted molar refractivity (Wildman–Crippen MR) is 114 cm³/mol. The van der Waals surface area contributed by atoms with E-state index < -0.39 is 27.8 Å². The van der Waals surface area contributed by atoms with Gasteiger partial charge in [-0.1, -0.05) is 42.0 Å². The lowest BCUT2D eigenvalue weighted by Crippen LogP contribution is -2.38. The van der Waals surface area contributed by atoms with Gasteiger partial charge in [0.2, 0.25) is 0 Å². The van der Waals surface area contributed by atoms with Crippen LogP contribution in [-0.4, -0.2) is 36.3 Å². The minimum absolute atomic E-state index is 0.105. The molecule has 0 heterocycles. The van der Waals surface area contributed by atoms with Gasteiger partial charge in [0.05, 0.1) is 11.4 Å². The largest absolute Gasteiger partial charge is 0.481 e. The molecule has 8 nitrogen and oxygen atoms in total. The fourth-order valence-electron chi connectivity index (χ4n) is 2.65. The number of hydroxylamine groups is 2. The van der Waals surface area contributed by atoms with Gasteiger partial charge in [-0.05, 0) is 57.4 Å². The van der Waals surface area contributed by atoms with Crippen LogP contribution in [0, 0.1) is 6.92 Å². The van der Waals surface area contributed by atoms with Crippen LogP contribution in [0.25, 0.3) is 0 Å². The smallest absolute Gasteiger partial charge is 0.435 e. The van der Waals surface area contributed by atoms with E-state index in [0.29, 0.717) is 16.2 Å². The third kappa shape index (κ3) is 7.69. The van der Waals surface area contributed by atoms with Crippen LogP contribution >= 0.6 is 0 Å². The van der Waals surface area contributed by atoms with Crippen molar-refractivity contribution in [2.75, 3.05) is 0 Å². The van der Waals surface area contributed by atoms with Crippen molar-refractivity contribution in [1.29, 1.82) is 0 Å². The Hall–Kier alpha value is -2.91. The lowest BCUT2D eigenvalue weighted by molar-refractivity contribution is -0.136. The van der Waals surface area contributed by atoms with Gasteiger partial charge in [-0.25, -0.2) is 4.79 Å². The molecule has 9 heteroatoms. The van der Waals surface area contributed by atoms with Crippen molar-refractivity contribution < 1.29 is 32.1 Å². The van der Waals surface area contributed by atoms with Gasteiger partial charge in [-0.3, -0.25) is 4.79 Å². The molecule has 0 unspecified atom stereocenters. The second-order valence-corrected chi connectivity index (χ2v) is 9.55. The molecular weight excluding hydrogens is 422 g/mol. The SMILES string of the molecule is Cc1ccc(S(=O)(=O)ON(Cc2ccccc2CCC(=O)O)C(=O)OC(C)(C)C)cc1. The Bertz CT molecular complexity index is 1020. The molecule has 0 saturated heterocycles. The Labute approximate surface area is 182 Å². The topological polar surface area (TPSA) is 110 Å². The highest BCUT2D eigenvalue weighted by molar-refractivity contribution is 7.86. The second-order valence-electron chi connectivity index (χ2n) is 8.02. The normalized spacial score (nSPS) is 11.7. The fraction of sp³-hybridized carbons (Fsp3) is 0.364. The molecule has 0 spiro atoms. The highest BCUT2D eigenvalue weighted by atomic mass is 32.2. The molecule has 0 fully saturated rings. The number of nitrogens with zero attached hydrogens (tertiary/aromatic N) is 1. The number of benzene rings is 2. The maximum absolute atomic E-state index is 12.8. The van der Waals surface area contributed by atoms with E-state index in [1.54, 1.807) is 57.2 Å². The van der Waals surface area contributed by atoms with E-state index >= 15 is 0 Å². The summed E-state index contributed by atoms with van der Waals surface area (Å²) >= 11 is 0. The zero-order valence-corrected chi connectivity index (χ0v) is 18.8. The number of aliphatic carboxylic acids is 1. The van der Waals surface area contributed by atoms with Gasteiger partial charge in [0.25, 0.3) is 0 Å². The molecule has 0 atom stereocenters. The lowest BCUT2D eigenvalue weighted by atomic mass is 10.0. The summed E-state index contributed by atoms with van der Waals surface area (Å²) in [6.07, 6.45) is -0.860. The summed E-state index contributed by atoms with van der Waals surface area (Å²) in [7, 11) is -4.30. The van der Waals surface area contributed by atoms with Gasteiger partial charge in [0, 0.05) is 6.42 Å². The molecule has 0 bridgehead atoms. The van der Waals surface area contributed by atoms with E-state index in [0.717, 1.165) is 5.56 Å². The molecule has 0 aliphatic carbocycles. The number of carboxylic acids is 1. The summed E-state index contributed by atoms with van der Waals surface area (Å²) in [5, 5.41) is 9.61. The van der Waals surface area contributed by atoms with Crippen molar-refractivity contribution in [1.82, 2.24) is 5.06 Å². The summed E-state index contributed by atoms with van der Waals surface area (Å²) in [5.74, 6) is -0.961. The average molecular weight is 450 g/mol. The van der Waals surface area contributed by atoms with Crippen LogP contribution in [0.4, 0.5) is 4.79 Å². The van der Waals surface area contributed by atoms with Gasteiger partial charge >= 0.3 is 22.2 Å². The molecule has 2 rings (SSSR count). The van der Waals surface area contributed by atoms with Crippen molar-refractivity contribution in [2.24, 2.45) is 0 Å². The van der Waals surface area contributed by atoms with Crippen LogP contribution in [0.5, 0.6) is 0 Å². The minimum atomic E-state index is -4.30. The number of amides is 1. The Morgan fingerprint density at radius 2 is 1.58 bits per heavy atom. The standard InChI is InChI=1S/C22H27NO7S/c1-16-9-12-19(13-10-16)31(27,28)30-23(21(26)29-22(2,3)4)15-18-8-6-5-7-17(18)11-14-20(24)25/h5-10,12-13H,11,14-15H2,1-4H3,(H,24,25). The van der Waals surface area contributed by atoms with Gasteiger partial charge in [-0.15, -0.1) is 4.28 Å². The van der Waals surface area contributed by atoms with Crippen LogP contribution in [0.3, 0.4) is 0 Å². The maximum atomic E-state index is 12.8. The minimum Gasteiger partial charge on any atom is -0.481 e. The molecule has 0 aliphatic heterocycles. The van der Waals surface area contributed by atoms with Crippen LogP contribution in [0.1, 0.15) is 43.9 Å². The van der Waals surface area contributed by atoms with Gasteiger partial charge in [-0.2, -0.15) is 13.5 Å². The first-order chi connectivity index (χ1) is 14.4. The molecule has 0 radical (unpaired) electrons. The summed E-state index contributed by atoms with van der Waals surface area (Å²) in [6, 6.07) is 12.9. The highest BCUT2D eigenvalue weighted by Gasteiger charge is 2.29. The zero-order valence-electron chi connectivity index (χ0n) is 18.0. The molecular formula is C22H27NO7S. The first-order valence-electron chi connectivity index (χ1n) is 9.68. The van der Waals surface area contributed by atoms with Crippen molar-refractivity contribution in [3.05, 3.63) is 65.2 Å². The third-order valence-corrected chi connectivity index (χ3v) is 5.36. The maximum Gasteiger partial charge on any atom is 0.435 e. The van der Waals surface area contributed by atoms with Gasteiger partial charge < -0.3 is 9.84 Å². The number of ether oxygens (including phenoxy) is 1. The van der Waals surface area contributed by atoms with Crippen LogP contribution in [-0.2, 0) is 36.9 Å². The summed E-state index contributed by atoms with van der Waals surface area (Å²) in [4.78, 5) is 23.6. The Morgan fingerprint density at radius 1 is 1.00 bits per heavy atom. The predicted octanol–water partition coefficient (Wildman–Crippen LogP) is 4.07. The van der Waals surface area contributed by atoms with Crippen LogP contribution in [0.2, 0.25) is 0 Å². The van der Waals surface area contributed by atoms with Gasteiger partial charge in [0.15, 0.2) is 0 Å². The highest BCUT2D eigenvalue weighted by Crippen LogP contribution is 2.21. The van der Waals surface area contributed by atoms with Crippen LogP contribution < -0.4 is 0 Å². The molecule has 1 N–H and O–H groups in total. The van der Waals surface area contributed by atoms with E-state index in [1.807, 2.05) is 6.92 Å². The molecule has 31 heavy (non-hydrogen) atoms. The van der Waals surface area contributed by atoms with Crippen molar-refractivity contribution in [3.8, 4) is 0 Å². The Balaban J connectivity index is 2.35. The van der Waals surface area contributed by atoms with Crippen LogP contribution in [0.15, 0.2) is 53.4 Å². The molecule has 0 saturated carbocycles. The monoisotopic (exact) mass is 449 g/mol. The molecule has 1 amide bonds. The number of carboxylic acid groups (broad SMARTS) is 1. The summed E-state index contributed by atoms with van der Waals surface area (Å²) in [5.41, 5.74) is 1.20. The molecule has 0 aliphatic rings. The Morgan fingerprint density at radius 3 is 2.13 bits per heavy atom. The second kappa shape index (κ2) is 9.93. The number of hydrogen-bond donors (Lipinski definition) is 1. The van der Waals surface area contributed by atoms with E-state index in [4.69, 9.17) is 14.1 Å². The van der Waals surface area contributed by atoms with Crippen molar-refractivity contribution in [3.63, 3.8) is 0 Å². The van der Waals surface area contributed by atoms with Crippen molar-refractivity contribution in [2.45, 2.75) is 57.6 Å². The van der Waals surface area contributed by atoms with Gasteiger partial charge in [0.1, 0.15) is 5.60 Å². The Kier molecular flexibility index (Phi) is 7.80. The molecule has 0 aromatic heterocycles.